The summed E-state index contributed by atoms with van der Waals surface area (Å²) in [5.74, 6) is -1.65. The molecule has 0 spiro atoms. The Hall–Kier alpha value is -3.00. The average molecular weight is 329 g/mol. The summed E-state index contributed by atoms with van der Waals surface area (Å²) in [7, 11) is 0. The number of nitrogens with zero attached hydrogens (tertiary/aromatic N) is 2. The maximum Gasteiger partial charge on any atom is 0.337 e. The number of primary amides is 1. The zero-order valence-corrected chi connectivity index (χ0v) is 12.5. The normalized spacial score (nSPS) is 10.8. The summed E-state index contributed by atoms with van der Waals surface area (Å²) in [5, 5.41) is 10.5. The number of amides is 1. The van der Waals surface area contributed by atoms with E-state index in [1.54, 1.807) is 24.3 Å². The molecule has 2 heterocycles. The quantitative estimate of drug-likeness (QED) is 0.749. The Morgan fingerprint density at radius 1 is 1.26 bits per heavy atom. The van der Waals surface area contributed by atoms with Crippen molar-refractivity contribution in [2.24, 2.45) is 5.73 Å². The highest BCUT2D eigenvalue weighted by atomic mass is 32.1. The molecule has 0 aliphatic carbocycles. The zero-order valence-electron chi connectivity index (χ0n) is 11.7. The van der Waals surface area contributed by atoms with Crippen LogP contribution in [0.2, 0.25) is 0 Å². The summed E-state index contributed by atoms with van der Waals surface area (Å²) in [6, 6.07) is 8.86. The summed E-state index contributed by atoms with van der Waals surface area (Å²) in [4.78, 5) is 40.0. The van der Waals surface area contributed by atoms with Gasteiger partial charge in [0.25, 0.3) is 5.56 Å². The van der Waals surface area contributed by atoms with Crippen molar-refractivity contribution in [2.75, 3.05) is 0 Å². The number of rotatable bonds is 4. The third-order valence-electron chi connectivity index (χ3n) is 3.27. The van der Waals surface area contributed by atoms with Crippen LogP contribution in [-0.2, 0) is 11.3 Å². The van der Waals surface area contributed by atoms with Crippen molar-refractivity contribution in [2.45, 2.75) is 6.54 Å². The number of carbonyl (C=O) groups excluding carboxylic acids is 1. The standard InChI is InChI=1S/C15H11N3O4S/c16-10(19)6-18-12(8-4-2-1-3-5-8)17-13-11(14(18)20)9(7-23-13)15(21)22/h1-5,7H,6H2,(H2,16,19)(H,21,22). The predicted molar refractivity (Wildman–Crippen MR) is 85.5 cm³/mol. The SMILES string of the molecule is NC(=O)Cn1c(-c2ccccc2)nc2scc(C(=O)O)c2c1=O. The number of fused-ring (bicyclic) bond motifs is 1. The summed E-state index contributed by atoms with van der Waals surface area (Å²) >= 11 is 1.07. The van der Waals surface area contributed by atoms with Crippen LogP contribution < -0.4 is 11.3 Å². The van der Waals surface area contributed by atoms with Gasteiger partial charge in [-0.3, -0.25) is 14.2 Å². The lowest BCUT2D eigenvalue weighted by Crippen LogP contribution is -2.30. The van der Waals surface area contributed by atoms with Gasteiger partial charge in [-0.25, -0.2) is 9.78 Å². The number of nitrogens with two attached hydrogens (primary N) is 1. The molecule has 1 amide bonds. The van der Waals surface area contributed by atoms with Crippen molar-refractivity contribution < 1.29 is 14.7 Å². The van der Waals surface area contributed by atoms with Crippen LogP contribution in [0.25, 0.3) is 21.6 Å². The summed E-state index contributed by atoms with van der Waals surface area (Å²) in [6.45, 7) is -0.374. The smallest absolute Gasteiger partial charge is 0.337 e. The van der Waals surface area contributed by atoms with E-state index in [0.717, 1.165) is 15.9 Å². The van der Waals surface area contributed by atoms with Crippen molar-refractivity contribution in [1.82, 2.24) is 9.55 Å². The molecule has 0 saturated carbocycles. The molecule has 3 aromatic rings. The highest BCUT2D eigenvalue weighted by Crippen LogP contribution is 2.25. The van der Waals surface area contributed by atoms with Gasteiger partial charge >= 0.3 is 5.97 Å². The third-order valence-corrected chi connectivity index (χ3v) is 4.14. The fraction of sp³-hybridized carbons (Fsp3) is 0.0667. The van der Waals surface area contributed by atoms with Gasteiger partial charge in [0.05, 0.1) is 10.9 Å². The van der Waals surface area contributed by atoms with Crippen molar-refractivity contribution in [1.29, 1.82) is 0 Å². The zero-order chi connectivity index (χ0) is 16.6. The molecule has 0 radical (unpaired) electrons. The van der Waals surface area contributed by atoms with E-state index in [2.05, 4.69) is 4.98 Å². The van der Waals surface area contributed by atoms with Crippen LogP contribution in [0.3, 0.4) is 0 Å². The van der Waals surface area contributed by atoms with Gasteiger partial charge in [0, 0.05) is 10.9 Å². The largest absolute Gasteiger partial charge is 0.478 e. The minimum Gasteiger partial charge on any atom is -0.478 e. The third kappa shape index (κ3) is 2.59. The van der Waals surface area contributed by atoms with E-state index >= 15 is 0 Å². The van der Waals surface area contributed by atoms with Crippen molar-refractivity contribution >= 4 is 33.4 Å². The van der Waals surface area contributed by atoms with Crippen molar-refractivity contribution in [3.63, 3.8) is 0 Å². The fourth-order valence-corrected chi connectivity index (χ4v) is 3.19. The van der Waals surface area contributed by atoms with Gasteiger partial charge < -0.3 is 10.8 Å². The number of hydrogen-bond acceptors (Lipinski definition) is 5. The number of benzene rings is 1. The molecule has 1 aromatic carbocycles. The Balaban J connectivity index is 2.38. The summed E-state index contributed by atoms with van der Waals surface area (Å²) < 4.78 is 1.11. The van der Waals surface area contributed by atoms with Gasteiger partial charge in [-0.1, -0.05) is 30.3 Å². The molecule has 0 atom stereocenters. The molecule has 0 saturated heterocycles. The van der Waals surface area contributed by atoms with Crippen LogP contribution in [0.4, 0.5) is 0 Å². The summed E-state index contributed by atoms with van der Waals surface area (Å²) in [5.41, 5.74) is 5.14. The molecule has 7 nitrogen and oxygen atoms in total. The second-order valence-corrected chi connectivity index (χ2v) is 5.65. The first-order chi connectivity index (χ1) is 11.0. The van der Waals surface area contributed by atoms with Gasteiger partial charge in [0.1, 0.15) is 17.2 Å². The van der Waals surface area contributed by atoms with Crippen LogP contribution in [0.15, 0.2) is 40.5 Å². The van der Waals surface area contributed by atoms with Crippen molar-refractivity contribution in [3.8, 4) is 11.4 Å². The van der Waals surface area contributed by atoms with E-state index in [0.29, 0.717) is 10.4 Å². The highest BCUT2D eigenvalue weighted by Gasteiger charge is 2.20. The molecule has 2 aromatic heterocycles. The molecule has 0 bridgehead atoms. The van der Waals surface area contributed by atoms with Gasteiger partial charge in [-0.05, 0) is 0 Å². The molecule has 116 valence electrons. The monoisotopic (exact) mass is 329 g/mol. The highest BCUT2D eigenvalue weighted by molar-refractivity contribution is 7.17. The number of thiophene rings is 1. The predicted octanol–water partition coefficient (Wildman–Crippen LogP) is 1.31. The van der Waals surface area contributed by atoms with Gasteiger partial charge in [-0.15, -0.1) is 11.3 Å². The maximum absolute atomic E-state index is 12.7. The number of carboxylic acid groups (broad SMARTS) is 1. The minimum atomic E-state index is -1.21. The van der Waals surface area contributed by atoms with Crippen LogP contribution >= 0.6 is 11.3 Å². The first kappa shape index (κ1) is 14.9. The van der Waals surface area contributed by atoms with E-state index in [1.165, 1.54) is 5.38 Å². The lowest BCUT2D eigenvalue weighted by Gasteiger charge is -2.11. The fourth-order valence-electron chi connectivity index (χ4n) is 2.29. The second kappa shape index (κ2) is 5.65. The number of aromatic carboxylic acids is 1. The number of carbonyl (C=O) groups is 2. The molecular formula is C15H11N3O4S. The van der Waals surface area contributed by atoms with E-state index < -0.39 is 17.4 Å². The Labute approximate surface area is 133 Å². The lowest BCUT2D eigenvalue weighted by atomic mass is 10.2. The first-order valence-corrected chi connectivity index (χ1v) is 7.46. The number of carboxylic acids is 1. The van der Waals surface area contributed by atoms with E-state index in [9.17, 15) is 19.5 Å². The Bertz CT molecular complexity index is 976. The van der Waals surface area contributed by atoms with Crippen LogP contribution in [-0.4, -0.2) is 26.5 Å². The minimum absolute atomic E-state index is 0.0107. The molecule has 0 unspecified atom stereocenters. The number of hydrogen-bond donors (Lipinski definition) is 2. The van der Waals surface area contributed by atoms with E-state index in [4.69, 9.17) is 5.73 Å². The van der Waals surface area contributed by atoms with Gasteiger partial charge in [-0.2, -0.15) is 0 Å². The van der Waals surface area contributed by atoms with Crippen molar-refractivity contribution in [3.05, 3.63) is 51.6 Å². The molecule has 3 N–H and O–H groups in total. The second-order valence-electron chi connectivity index (χ2n) is 4.79. The topological polar surface area (TPSA) is 115 Å². The molecule has 0 fully saturated rings. The maximum atomic E-state index is 12.7. The van der Waals surface area contributed by atoms with Crippen LogP contribution in [0, 0.1) is 0 Å². The van der Waals surface area contributed by atoms with Crippen LogP contribution in [0.1, 0.15) is 10.4 Å². The van der Waals surface area contributed by atoms with E-state index in [1.807, 2.05) is 6.07 Å². The Kier molecular flexibility index (Phi) is 3.67. The molecule has 23 heavy (non-hydrogen) atoms. The molecule has 0 aliphatic heterocycles. The first-order valence-electron chi connectivity index (χ1n) is 6.58. The lowest BCUT2D eigenvalue weighted by molar-refractivity contribution is -0.118. The van der Waals surface area contributed by atoms with Gasteiger partial charge in [0.2, 0.25) is 5.91 Å². The molecule has 0 aliphatic rings. The summed E-state index contributed by atoms with van der Waals surface area (Å²) in [6.07, 6.45) is 0. The molecular weight excluding hydrogens is 318 g/mol. The molecule has 3 rings (SSSR count). The van der Waals surface area contributed by atoms with Crippen LogP contribution in [0.5, 0.6) is 0 Å². The average Bonchev–Trinajstić information content (AvgIpc) is 2.95. The number of aromatic nitrogens is 2. The Morgan fingerprint density at radius 2 is 1.96 bits per heavy atom. The molecule has 8 heteroatoms. The Morgan fingerprint density at radius 3 is 2.57 bits per heavy atom. The van der Waals surface area contributed by atoms with Gasteiger partial charge in [0.15, 0.2) is 0 Å². The van der Waals surface area contributed by atoms with E-state index in [-0.39, 0.29) is 23.3 Å².